The Morgan fingerprint density at radius 1 is 1.32 bits per heavy atom. The van der Waals surface area contributed by atoms with E-state index in [2.05, 4.69) is 17.1 Å². The second-order valence-corrected chi connectivity index (χ2v) is 5.32. The molecule has 1 spiro atoms. The Labute approximate surface area is 111 Å². The highest BCUT2D eigenvalue weighted by Gasteiger charge is 2.78. The highest BCUT2D eigenvalue weighted by molar-refractivity contribution is 5.88. The molecule has 2 heterocycles. The molecule has 2 aliphatic heterocycles. The fraction of sp³-hybridized carbons (Fsp3) is 0.615. The summed E-state index contributed by atoms with van der Waals surface area (Å²) in [5.41, 5.74) is 4.86. The molecule has 0 bridgehead atoms. The number of rotatable bonds is 0. The van der Waals surface area contributed by atoms with Gasteiger partial charge in [0.25, 0.3) is 5.84 Å². The molecular formula is C13H15N4O2+. The Morgan fingerprint density at radius 3 is 2.58 bits per heavy atom. The van der Waals surface area contributed by atoms with Crippen molar-refractivity contribution in [3.05, 3.63) is 11.6 Å². The lowest BCUT2D eigenvalue weighted by Gasteiger charge is -2.41. The van der Waals surface area contributed by atoms with Gasteiger partial charge in [0.2, 0.25) is 0 Å². The number of fused-ring (bicyclic) bond motifs is 2. The summed E-state index contributed by atoms with van der Waals surface area (Å²) in [5.74, 6) is -1.02. The molecular weight excluding hydrogens is 244 g/mol. The van der Waals surface area contributed by atoms with Crippen LogP contribution in [0.25, 0.3) is 0 Å². The molecule has 6 nitrogen and oxygen atoms in total. The predicted octanol–water partition coefficient (Wildman–Crippen LogP) is -1.10. The second kappa shape index (κ2) is 3.57. The molecule has 3 rings (SSSR count). The van der Waals surface area contributed by atoms with E-state index >= 15 is 0 Å². The first-order valence-electron chi connectivity index (χ1n) is 6.23. The topological polar surface area (TPSA) is 106 Å². The minimum Gasteiger partial charge on any atom is -0.311 e. The van der Waals surface area contributed by atoms with Crippen molar-refractivity contribution in [3.8, 4) is 12.1 Å². The van der Waals surface area contributed by atoms with Crippen LogP contribution in [-0.2, 0) is 9.47 Å². The van der Waals surface area contributed by atoms with Crippen molar-refractivity contribution < 1.29 is 14.5 Å². The van der Waals surface area contributed by atoms with Crippen LogP contribution in [0.2, 0.25) is 0 Å². The minimum absolute atomic E-state index is 0.269. The lowest BCUT2D eigenvalue weighted by molar-refractivity contribution is -0.679. The largest absolute Gasteiger partial charge is 0.343 e. The molecule has 19 heavy (non-hydrogen) atoms. The standard InChI is InChI=1S/C13H14N4O2/c1-9-2-3-12(8-15)11(6-9,7-14)10(16)17-13(12)18-4-5-19-13/h2H,3-6H2,1H3,(H2,16,17)/p+1/t11-,12+/m1/s1. The Balaban J connectivity index is 2.26. The first kappa shape index (κ1) is 12.2. The summed E-state index contributed by atoms with van der Waals surface area (Å²) in [5, 5.41) is 19.5. The summed E-state index contributed by atoms with van der Waals surface area (Å²) in [7, 11) is 0. The molecule has 0 saturated carbocycles. The van der Waals surface area contributed by atoms with E-state index in [0.29, 0.717) is 26.1 Å². The highest BCUT2D eigenvalue weighted by atomic mass is 16.8. The SMILES string of the molecule is CC1=CC[C@@]2(C#N)C3([NH+]=C(N)[C@]2(C#N)C1)OCCO3. The third kappa shape index (κ3) is 1.14. The Morgan fingerprint density at radius 2 is 2.00 bits per heavy atom. The zero-order chi connectivity index (χ0) is 13.7. The number of amidine groups is 1. The van der Waals surface area contributed by atoms with Gasteiger partial charge in [0.15, 0.2) is 10.8 Å². The summed E-state index contributed by atoms with van der Waals surface area (Å²) < 4.78 is 11.3. The van der Waals surface area contributed by atoms with E-state index in [0.717, 1.165) is 5.57 Å². The summed E-state index contributed by atoms with van der Waals surface area (Å²) >= 11 is 0. The summed E-state index contributed by atoms with van der Waals surface area (Å²) in [6, 6.07) is 4.53. The summed E-state index contributed by atoms with van der Waals surface area (Å²) in [6.45, 7) is 2.71. The quantitative estimate of drug-likeness (QED) is 0.537. The smallest absolute Gasteiger partial charge is 0.311 e. The lowest BCUT2D eigenvalue weighted by Crippen LogP contribution is -2.89. The Bertz CT molecular complexity index is 576. The fourth-order valence-corrected chi connectivity index (χ4v) is 3.41. The molecule has 0 aromatic heterocycles. The molecule has 0 radical (unpaired) electrons. The van der Waals surface area contributed by atoms with Gasteiger partial charge in [-0.15, -0.1) is 0 Å². The number of nitrogens with two attached hydrogens (primary N) is 1. The number of hydrogen-bond donors (Lipinski definition) is 2. The van der Waals surface area contributed by atoms with Crippen molar-refractivity contribution in [2.75, 3.05) is 13.2 Å². The number of allylic oxidation sites excluding steroid dienone is 2. The van der Waals surface area contributed by atoms with Crippen LogP contribution in [0.15, 0.2) is 11.6 Å². The molecule has 0 unspecified atom stereocenters. The maximum atomic E-state index is 9.78. The second-order valence-electron chi connectivity index (χ2n) is 5.32. The summed E-state index contributed by atoms with van der Waals surface area (Å²) in [6.07, 6.45) is 2.77. The van der Waals surface area contributed by atoms with Gasteiger partial charge in [0.05, 0.1) is 25.4 Å². The van der Waals surface area contributed by atoms with Crippen molar-refractivity contribution in [2.45, 2.75) is 25.7 Å². The number of hydrogen-bond acceptors (Lipinski definition) is 5. The number of nitrogens with zero attached hydrogens (tertiary/aromatic N) is 2. The third-order valence-electron chi connectivity index (χ3n) is 4.43. The van der Waals surface area contributed by atoms with E-state index < -0.39 is 16.7 Å². The van der Waals surface area contributed by atoms with Gasteiger partial charge in [0, 0.05) is 6.42 Å². The van der Waals surface area contributed by atoms with Gasteiger partial charge in [-0.25, -0.2) is 4.99 Å². The maximum absolute atomic E-state index is 9.78. The van der Waals surface area contributed by atoms with Crippen LogP contribution in [-0.4, -0.2) is 25.0 Å². The molecule has 0 aromatic carbocycles. The van der Waals surface area contributed by atoms with Gasteiger partial charge in [0.1, 0.15) is 0 Å². The molecule has 2 atom stereocenters. The van der Waals surface area contributed by atoms with E-state index in [9.17, 15) is 10.5 Å². The molecule has 6 heteroatoms. The van der Waals surface area contributed by atoms with E-state index in [1.54, 1.807) is 0 Å². The molecule has 98 valence electrons. The third-order valence-corrected chi connectivity index (χ3v) is 4.43. The average Bonchev–Trinajstić information content (AvgIpc) is 2.95. The van der Waals surface area contributed by atoms with Crippen LogP contribution >= 0.6 is 0 Å². The van der Waals surface area contributed by atoms with E-state index in [4.69, 9.17) is 15.2 Å². The lowest BCUT2D eigenvalue weighted by atomic mass is 9.57. The fourth-order valence-electron chi connectivity index (χ4n) is 3.41. The normalized spacial score (nSPS) is 39.1. The van der Waals surface area contributed by atoms with Gasteiger partial charge >= 0.3 is 5.91 Å². The summed E-state index contributed by atoms with van der Waals surface area (Å²) in [4.78, 5) is 2.95. The molecule has 0 amide bonds. The molecule has 1 aliphatic carbocycles. The van der Waals surface area contributed by atoms with Crippen molar-refractivity contribution in [1.29, 1.82) is 10.5 Å². The molecule has 0 aromatic rings. The van der Waals surface area contributed by atoms with Gasteiger partial charge < -0.3 is 9.47 Å². The minimum atomic E-state index is -1.29. The van der Waals surface area contributed by atoms with Crippen molar-refractivity contribution >= 4 is 5.84 Å². The zero-order valence-corrected chi connectivity index (χ0v) is 10.7. The van der Waals surface area contributed by atoms with Gasteiger partial charge in [-0.05, 0) is 13.3 Å². The Hall–Kier alpha value is -1.89. The molecule has 1 fully saturated rings. The van der Waals surface area contributed by atoms with E-state index in [-0.39, 0.29) is 5.84 Å². The monoisotopic (exact) mass is 259 g/mol. The van der Waals surface area contributed by atoms with Gasteiger partial charge in [-0.3, -0.25) is 5.73 Å². The number of nitrogens with one attached hydrogen (secondary N) is 1. The number of ether oxygens (including phenoxy) is 2. The maximum Gasteiger partial charge on any atom is 0.343 e. The zero-order valence-electron chi connectivity index (χ0n) is 10.7. The van der Waals surface area contributed by atoms with Gasteiger partial charge in [-0.1, -0.05) is 11.6 Å². The van der Waals surface area contributed by atoms with Crippen molar-refractivity contribution in [1.82, 2.24) is 0 Å². The first-order valence-corrected chi connectivity index (χ1v) is 6.23. The Kier molecular flexibility index (Phi) is 2.28. The molecule has 3 N–H and O–H groups in total. The van der Waals surface area contributed by atoms with Crippen LogP contribution in [0, 0.1) is 33.5 Å². The van der Waals surface area contributed by atoms with E-state index in [1.807, 2.05) is 13.0 Å². The van der Waals surface area contributed by atoms with Crippen LogP contribution in [0.1, 0.15) is 19.8 Å². The number of nitriles is 2. The van der Waals surface area contributed by atoms with Crippen LogP contribution in [0.5, 0.6) is 0 Å². The van der Waals surface area contributed by atoms with E-state index in [1.165, 1.54) is 0 Å². The van der Waals surface area contributed by atoms with Gasteiger partial charge in [-0.2, -0.15) is 10.5 Å². The average molecular weight is 259 g/mol. The van der Waals surface area contributed by atoms with Crippen LogP contribution in [0.3, 0.4) is 0 Å². The van der Waals surface area contributed by atoms with Crippen molar-refractivity contribution in [2.24, 2.45) is 16.6 Å². The predicted molar refractivity (Wildman–Crippen MR) is 63.9 cm³/mol. The van der Waals surface area contributed by atoms with Crippen molar-refractivity contribution in [3.63, 3.8) is 0 Å². The molecule has 3 aliphatic rings. The van der Waals surface area contributed by atoms with Crippen LogP contribution in [0.4, 0.5) is 0 Å². The van der Waals surface area contributed by atoms with Crippen LogP contribution < -0.4 is 10.7 Å². The highest BCUT2D eigenvalue weighted by Crippen LogP contribution is 2.57. The molecule has 1 saturated heterocycles. The first-order chi connectivity index (χ1) is 9.06.